The molecule has 3 rings (SSSR count). The van der Waals surface area contributed by atoms with Crippen molar-refractivity contribution in [3.05, 3.63) is 24.2 Å². The molecule has 2 heterocycles. The Labute approximate surface area is 168 Å². The number of likely N-dealkylation sites (tertiary alicyclic amines) is 1. The van der Waals surface area contributed by atoms with Crippen LogP contribution >= 0.6 is 0 Å². The van der Waals surface area contributed by atoms with Gasteiger partial charge in [-0.1, -0.05) is 19.3 Å². The lowest BCUT2D eigenvalue weighted by Gasteiger charge is -2.26. The molecule has 1 aliphatic carbocycles. The smallest absolute Gasteiger partial charge is 0.242 e. The van der Waals surface area contributed by atoms with Gasteiger partial charge in [-0.3, -0.25) is 9.69 Å². The van der Waals surface area contributed by atoms with Crippen LogP contribution in [-0.4, -0.2) is 55.5 Å². The summed E-state index contributed by atoms with van der Waals surface area (Å²) in [5, 5.41) is 9.77. The highest BCUT2D eigenvalue weighted by Crippen LogP contribution is 2.24. The zero-order valence-electron chi connectivity index (χ0n) is 17.1. The highest BCUT2D eigenvalue weighted by atomic mass is 16.3. The minimum absolute atomic E-state index is 0.00577. The Balaban J connectivity index is 1.53. The van der Waals surface area contributed by atoms with E-state index < -0.39 is 0 Å². The molecule has 7 heteroatoms. The number of amides is 1. The molecule has 2 fully saturated rings. The summed E-state index contributed by atoms with van der Waals surface area (Å²) in [6, 6.07) is 4.47. The molecule has 156 valence electrons. The van der Waals surface area contributed by atoms with Gasteiger partial charge in [-0.2, -0.15) is 0 Å². The lowest BCUT2D eigenvalue weighted by Crippen LogP contribution is -2.43. The van der Waals surface area contributed by atoms with Crippen molar-refractivity contribution in [1.29, 1.82) is 0 Å². The molecular weight excluding hydrogens is 354 g/mol. The van der Waals surface area contributed by atoms with Crippen LogP contribution in [0.5, 0.6) is 0 Å². The van der Waals surface area contributed by atoms with E-state index in [9.17, 15) is 4.79 Å². The average molecular weight is 390 g/mol. The van der Waals surface area contributed by atoms with Gasteiger partial charge in [0, 0.05) is 19.1 Å². The van der Waals surface area contributed by atoms with E-state index in [-0.39, 0.29) is 18.5 Å². The van der Waals surface area contributed by atoms with E-state index in [0.29, 0.717) is 18.5 Å². The predicted molar refractivity (Wildman–Crippen MR) is 111 cm³/mol. The monoisotopic (exact) mass is 389 g/mol. The predicted octanol–water partition coefficient (Wildman–Crippen LogP) is 2.42. The topological polar surface area (TPSA) is 81.9 Å². The van der Waals surface area contributed by atoms with Crippen molar-refractivity contribution in [2.45, 2.75) is 64.0 Å². The van der Waals surface area contributed by atoms with Crippen LogP contribution in [0.15, 0.2) is 27.8 Å². The van der Waals surface area contributed by atoms with E-state index in [2.05, 4.69) is 25.8 Å². The van der Waals surface area contributed by atoms with Crippen LogP contribution in [0.2, 0.25) is 0 Å². The molecule has 1 saturated heterocycles. The summed E-state index contributed by atoms with van der Waals surface area (Å²) < 4.78 is 5.68. The molecule has 0 spiro atoms. The Morgan fingerprint density at radius 3 is 2.68 bits per heavy atom. The minimum Gasteiger partial charge on any atom is -0.468 e. The summed E-state index contributed by atoms with van der Waals surface area (Å²) in [4.78, 5) is 19.2. The summed E-state index contributed by atoms with van der Waals surface area (Å²) >= 11 is 0. The third-order valence-electron chi connectivity index (χ3n) is 5.61. The van der Waals surface area contributed by atoms with E-state index >= 15 is 0 Å². The third kappa shape index (κ3) is 6.26. The van der Waals surface area contributed by atoms with Gasteiger partial charge in [-0.05, 0) is 57.8 Å². The Bertz CT molecular complexity index is 604. The molecule has 0 bridgehead atoms. The third-order valence-corrected chi connectivity index (χ3v) is 5.61. The number of carbonyl (C=O) groups excluding carboxylic acids is 1. The Morgan fingerprint density at radius 1 is 1.21 bits per heavy atom. The second kappa shape index (κ2) is 11.1. The molecular formula is C21H35N5O2. The van der Waals surface area contributed by atoms with Crippen molar-refractivity contribution in [3.63, 3.8) is 0 Å². The summed E-state index contributed by atoms with van der Waals surface area (Å²) in [5.74, 6) is 1.66. The number of rotatable bonds is 8. The van der Waals surface area contributed by atoms with Crippen LogP contribution in [0.4, 0.5) is 0 Å². The number of nitrogens with one attached hydrogen (secondary N) is 3. The zero-order valence-corrected chi connectivity index (χ0v) is 17.1. The number of carbonyl (C=O) groups is 1. The molecule has 1 aromatic rings. The maximum atomic E-state index is 12.3. The first-order valence-corrected chi connectivity index (χ1v) is 10.8. The fourth-order valence-corrected chi connectivity index (χ4v) is 4.15. The Kier molecular flexibility index (Phi) is 8.21. The highest BCUT2D eigenvalue weighted by molar-refractivity contribution is 5.85. The van der Waals surface area contributed by atoms with Gasteiger partial charge >= 0.3 is 0 Å². The van der Waals surface area contributed by atoms with Gasteiger partial charge in [0.15, 0.2) is 5.96 Å². The van der Waals surface area contributed by atoms with E-state index in [0.717, 1.165) is 38.2 Å². The quantitative estimate of drug-likeness (QED) is 0.470. The van der Waals surface area contributed by atoms with Gasteiger partial charge < -0.3 is 20.4 Å². The van der Waals surface area contributed by atoms with Crippen LogP contribution in [0.25, 0.3) is 0 Å². The first-order valence-electron chi connectivity index (χ1n) is 10.8. The second-order valence-corrected chi connectivity index (χ2v) is 7.75. The molecule has 28 heavy (non-hydrogen) atoms. The number of guanidine groups is 1. The maximum Gasteiger partial charge on any atom is 0.242 e. The van der Waals surface area contributed by atoms with Crippen LogP contribution in [0.3, 0.4) is 0 Å². The first kappa shape index (κ1) is 20.7. The Hall–Kier alpha value is -2.02. The number of hydrogen-bond acceptors (Lipinski definition) is 4. The Morgan fingerprint density at radius 2 is 2.00 bits per heavy atom. The van der Waals surface area contributed by atoms with Crippen LogP contribution in [-0.2, 0) is 4.79 Å². The summed E-state index contributed by atoms with van der Waals surface area (Å²) in [5.41, 5.74) is 0. The van der Waals surface area contributed by atoms with Crippen LogP contribution in [0, 0.1) is 0 Å². The van der Waals surface area contributed by atoms with Gasteiger partial charge in [-0.25, -0.2) is 4.99 Å². The molecule has 1 unspecified atom stereocenters. The normalized spacial score (nSPS) is 20.1. The fraction of sp³-hybridized carbons (Fsp3) is 0.714. The van der Waals surface area contributed by atoms with Gasteiger partial charge in [0.05, 0.1) is 12.3 Å². The van der Waals surface area contributed by atoms with Crippen molar-refractivity contribution in [2.75, 3.05) is 32.7 Å². The molecule has 1 amide bonds. The van der Waals surface area contributed by atoms with Crippen molar-refractivity contribution in [3.8, 4) is 0 Å². The maximum absolute atomic E-state index is 12.3. The molecule has 3 N–H and O–H groups in total. The molecule has 1 saturated carbocycles. The van der Waals surface area contributed by atoms with Gasteiger partial charge in [0.1, 0.15) is 12.3 Å². The molecule has 1 aliphatic heterocycles. The highest BCUT2D eigenvalue weighted by Gasteiger charge is 2.25. The van der Waals surface area contributed by atoms with E-state index in [1.807, 2.05) is 19.1 Å². The zero-order chi connectivity index (χ0) is 19.6. The number of nitrogens with zero attached hydrogens (tertiary/aromatic N) is 2. The van der Waals surface area contributed by atoms with Crippen molar-refractivity contribution in [1.82, 2.24) is 20.9 Å². The molecule has 1 atom stereocenters. The van der Waals surface area contributed by atoms with Crippen molar-refractivity contribution < 1.29 is 9.21 Å². The fourth-order valence-electron chi connectivity index (χ4n) is 4.15. The van der Waals surface area contributed by atoms with Crippen LogP contribution in [0.1, 0.15) is 63.7 Å². The molecule has 2 aliphatic rings. The SMILES string of the molecule is CCNC(=NCC(=O)NC1CCCCC1)NCC(c1ccco1)N1CCCC1. The standard InChI is InChI=1S/C21H35N5O2/c1-2-22-21(24-16-20(27)25-17-9-4-3-5-10-17)23-15-18(19-11-8-14-28-19)26-12-6-7-13-26/h8,11,14,17-18H,2-7,9-10,12-13,15-16H2,1H3,(H,25,27)(H2,22,23,24). The molecule has 0 aromatic carbocycles. The van der Waals surface area contributed by atoms with Gasteiger partial charge in [0.2, 0.25) is 5.91 Å². The van der Waals surface area contributed by atoms with E-state index in [1.165, 1.54) is 32.1 Å². The number of aliphatic imine (C=N–C) groups is 1. The van der Waals surface area contributed by atoms with Crippen molar-refractivity contribution >= 4 is 11.9 Å². The molecule has 7 nitrogen and oxygen atoms in total. The minimum atomic E-state index is 0.00577. The lowest BCUT2D eigenvalue weighted by molar-refractivity contribution is -0.120. The summed E-state index contributed by atoms with van der Waals surface area (Å²) in [6.07, 6.45) is 10.1. The van der Waals surface area contributed by atoms with E-state index in [4.69, 9.17) is 4.42 Å². The number of hydrogen-bond donors (Lipinski definition) is 3. The number of furan rings is 1. The lowest BCUT2D eigenvalue weighted by atomic mass is 9.95. The van der Waals surface area contributed by atoms with Gasteiger partial charge in [-0.15, -0.1) is 0 Å². The molecule has 0 radical (unpaired) electrons. The molecule has 1 aromatic heterocycles. The summed E-state index contributed by atoms with van der Waals surface area (Å²) in [7, 11) is 0. The van der Waals surface area contributed by atoms with Gasteiger partial charge in [0.25, 0.3) is 0 Å². The second-order valence-electron chi connectivity index (χ2n) is 7.75. The largest absolute Gasteiger partial charge is 0.468 e. The van der Waals surface area contributed by atoms with E-state index in [1.54, 1.807) is 6.26 Å². The summed E-state index contributed by atoms with van der Waals surface area (Å²) in [6.45, 7) is 5.81. The average Bonchev–Trinajstić information content (AvgIpc) is 3.42. The first-order chi connectivity index (χ1) is 13.8. The van der Waals surface area contributed by atoms with Crippen LogP contribution < -0.4 is 16.0 Å². The van der Waals surface area contributed by atoms with Crippen molar-refractivity contribution in [2.24, 2.45) is 4.99 Å².